The summed E-state index contributed by atoms with van der Waals surface area (Å²) in [5, 5.41) is 2.24. The van der Waals surface area contributed by atoms with Crippen LogP contribution in [0.4, 0.5) is 34.1 Å². The number of anilines is 6. The molecule has 0 saturated carbocycles. The van der Waals surface area contributed by atoms with E-state index in [0.29, 0.717) is 23.3 Å². The Kier molecular flexibility index (Phi) is 14.1. The summed E-state index contributed by atoms with van der Waals surface area (Å²) < 4.78 is 2.39. The van der Waals surface area contributed by atoms with Gasteiger partial charge in [-0.2, -0.15) is 0 Å². The fraction of sp³-hybridized carbons (Fsp3) is 0. The zero-order valence-electron chi connectivity index (χ0n) is 54.2. The molecule has 466 valence electrons. The van der Waals surface area contributed by atoms with E-state index in [1.54, 1.807) is 0 Å². The molecule has 100 heavy (non-hydrogen) atoms. The van der Waals surface area contributed by atoms with E-state index in [4.69, 9.17) is 24.9 Å². The number of hydrogen-bond acceptors (Lipinski definition) is 7. The summed E-state index contributed by atoms with van der Waals surface area (Å²) in [5.41, 5.74) is 26.9. The van der Waals surface area contributed by atoms with Gasteiger partial charge in [0.05, 0.1) is 28.1 Å². The predicted octanol–water partition coefficient (Wildman–Crippen LogP) is 20.8. The van der Waals surface area contributed by atoms with Crippen LogP contribution in [0.25, 0.3) is 129 Å². The Bertz CT molecular complexity index is 5710. The van der Waals surface area contributed by atoms with Crippen molar-refractivity contribution in [3.05, 3.63) is 358 Å². The number of rotatable bonds is 12. The van der Waals surface area contributed by atoms with Gasteiger partial charge in [0, 0.05) is 78.3 Å². The standard InChI is InChI=1S/C91H59BN8/c1-8-27-60(28-9-1)66-47-50-80-73(54-66)74-55-67(61-29-10-2-11-30-61)48-51-81(74)100(80)82-52-49-69(89-93-78(62-31-12-3-13-32-62)59-79(94-89)63-33-14-4-15-34-63)56-75(82)91-96-88(64-35-16-5-17-36-64)95-90(97-91)68-38-26-37-65(53-68)70-57-85-87-86(58-70)99(72-41-20-7-21-42-72)84-46-25-23-44-77(84)92(87)76-43-22-24-45-83(76)98(85)71-39-18-6-19-40-71/h1-59H. The normalized spacial score (nSPS) is 12.1. The Morgan fingerprint density at radius 2 is 0.600 bits per heavy atom. The van der Waals surface area contributed by atoms with Crippen LogP contribution < -0.4 is 26.2 Å². The Hall–Kier alpha value is -13.4. The van der Waals surface area contributed by atoms with Crippen LogP contribution in [0.1, 0.15) is 0 Å². The van der Waals surface area contributed by atoms with Crippen molar-refractivity contribution in [3.8, 4) is 107 Å². The first-order chi connectivity index (χ1) is 49.6. The molecule has 0 N–H and O–H groups in total. The van der Waals surface area contributed by atoms with Gasteiger partial charge in [0.1, 0.15) is 0 Å². The van der Waals surface area contributed by atoms with Gasteiger partial charge in [0.15, 0.2) is 23.3 Å². The molecule has 0 unspecified atom stereocenters. The topological polar surface area (TPSA) is 75.9 Å². The summed E-state index contributed by atoms with van der Waals surface area (Å²) in [6.45, 7) is -0.0209. The van der Waals surface area contributed by atoms with Crippen LogP contribution in [0.3, 0.4) is 0 Å². The number of nitrogens with zero attached hydrogens (tertiary/aromatic N) is 8. The Morgan fingerprint density at radius 1 is 0.220 bits per heavy atom. The van der Waals surface area contributed by atoms with Crippen LogP contribution in [-0.2, 0) is 0 Å². The molecule has 0 fully saturated rings. The first-order valence-electron chi connectivity index (χ1n) is 33.9. The molecule has 0 spiro atoms. The highest BCUT2D eigenvalue weighted by Crippen LogP contribution is 2.47. The second-order valence-electron chi connectivity index (χ2n) is 25.5. The van der Waals surface area contributed by atoms with Crippen molar-refractivity contribution in [1.29, 1.82) is 0 Å². The van der Waals surface area contributed by atoms with Crippen LogP contribution in [0.2, 0.25) is 0 Å². The first-order valence-corrected chi connectivity index (χ1v) is 33.9. The first kappa shape index (κ1) is 58.0. The molecule has 0 radical (unpaired) electrons. The van der Waals surface area contributed by atoms with Gasteiger partial charge in [-0.15, -0.1) is 0 Å². The summed E-state index contributed by atoms with van der Waals surface area (Å²) in [5.74, 6) is 2.12. The summed E-state index contributed by atoms with van der Waals surface area (Å²) in [4.78, 5) is 32.5. The molecule has 0 atom stereocenters. The molecule has 2 aliphatic rings. The molecular weight excluding hydrogens is 1220 g/mol. The molecule has 5 heterocycles. The van der Waals surface area contributed by atoms with E-state index in [9.17, 15) is 0 Å². The smallest absolute Gasteiger partial charge is 0.252 e. The van der Waals surface area contributed by atoms with Gasteiger partial charge < -0.3 is 14.4 Å². The lowest BCUT2D eigenvalue weighted by Gasteiger charge is -2.44. The van der Waals surface area contributed by atoms with E-state index in [0.717, 1.165) is 140 Å². The van der Waals surface area contributed by atoms with E-state index in [1.807, 2.05) is 30.3 Å². The highest BCUT2D eigenvalue weighted by Gasteiger charge is 2.43. The maximum Gasteiger partial charge on any atom is 0.252 e. The largest absolute Gasteiger partial charge is 0.311 e. The number of aromatic nitrogens is 6. The minimum Gasteiger partial charge on any atom is -0.311 e. The van der Waals surface area contributed by atoms with Gasteiger partial charge in [-0.05, 0) is 153 Å². The van der Waals surface area contributed by atoms with Gasteiger partial charge in [0.2, 0.25) is 0 Å². The van der Waals surface area contributed by atoms with Crippen LogP contribution in [-0.4, -0.2) is 36.2 Å². The molecular formula is C91H59BN8. The van der Waals surface area contributed by atoms with Crippen molar-refractivity contribution >= 4 is 79.0 Å². The highest BCUT2D eigenvalue weighted by molar-refractivity contribution is 7.00. The summed E-state index contributed by atoms with van der Waals surface area (Å²) in [7, 11) is 0. The molecule has 0 bridgehead atoms. The van der Waals surface area contributed by atoms with Gasteiger partial charge in [0.25, 0.3) is 6.71 Å². The van der Waals surface area contributed by atoms with E-state index in [2.05, 4.69) is 342 Å². The molecule has 8 nitrogen and oxygen atoms in total. The molecule has 2 aliphatic heterocycles. The quantitative estimate of drug-likeness (QED) is 0.113. The number of hydrogen-bond donors (Lipinski definition) is 0. The van der Waals surface area contributed by atoms with Gasteiger partial charge in [-0.25, -0.2) is 24.9 Å². The Labute approximate surface area is 579 Å². The zero-order valence-corrected chi connectivity index (χ0v) is 54.2. The average Bonchev–Trinajstić information content (AvgIpc) is 0.714. The van der Waals surface area contributed by atoms with Crippen molar-refractivity contribution in [2.75, 3.05) is 9.80 Å². The lowest BCUT2D eigenvalue weighted by atomic mass is 9.33. The van der Waals surface area contributed by atoms with E-state index in [1.165, 1.54) is 16.4 Å². The second-order valence-corrected chi connectivity index (χ2v) is 25.5. The average molecular weight is 1280 g/mol. The zero-order chi connectivity index (χ0) is 66.0. The number of para-hydroxylation sites is 4. The minimum absolute atomic E-state index is 0.0209. The van der Waals surface area contributed by atoms with Gasteiger partial charge in [-0.3, -0.25) is 0 Å². The summed E-state index contributed by atoms with van der Waals surface area (Å²) >= 11 is 0. The van der Waals surface area contributed by atoms with E-state index in [-0.39, 0.29) is 6.71 Å². The van der Waals surface area contributed by atoms with E-state index < -0.39 is 0 Å². The fourth-order valence-corrected chi connectivity index (χ4v) is 15.0. The van der Waals surface area contributed by atoms with Crippen molar-refractivity contribution in [3.63, 3.8) is 0 Å². The minimum atomic E-state index is -0.0209. The third-order valence-corrected chi connectivity index (χ3v) is 19.6. The molecule has 0 aliphatic carbocycles. The number of fused-ring (bicyclic) bond motifs is 7. The molecule has 9 heteroatoms. The second kappa shape index (κ2) is 24.4. The van der Waals surface area contributed by atoms with Crippen LogP contribution in [0.5, 0.6) is 0 Å². The SMILES string of the molecule is c1ccc(-c2ccc3c(c2)c2cc(-c4ccccc4)ccc2n3-c2ccc(-c3nc(-c4ccccc4)cc(-c4ccccc4)n3)cc2-c2nc(-c3ccccc3)nc(-c3cccc(-c4cc5c6c(c4)N(c4ccccc4)c4ccccc4B6c4ccccc4N5c4ccccc4)c3)n2)cc1. The molecule has 0 saturated heterocycles. The lowest BCUT2D eigenvalue weighted by molar-refractivity contribution is 1.06. The molecule has 0 amide bonds. The van der Waals surface area contributed by atoms with Crippen molar-refractivity contribution in [2.24, 2.45) is 0 Å². The van der Waals surface area contributed by atoms with Crippen LogP contribution >= 0.6 is 0 Å². The van der Waals surface area contributed by atoms with E-state index >= 15 is 0 Å². The van der Waals surface area contributed by atoms with Gasteiger partial charge >= 0.3 is 0 Å². The fourth-order valence-electron chi connectivity index (χ4n) is 15.0. The lowest BCUT2D eigenvalue weighted by Crippen LogP contribution is -2.61. The van der Waals surface area contributed by atoms with Crippen LogP contribution in [0, 0.1) is 0 Å². The molecule has 17 aromatic rings. The van der Waals surface area contributed by atoms with Crippen LogP contribution in [0.15, 0.2) is 358 Å². The Morgan fingerprint density at radius 3 is 1.11 bits per heavy atom. The maximum absolute atomic E-state index is 5.72. The molecule has 19 rings (SSSR count). The molecule has 3 aromatic heterocycles. The predicted molar refractivity (Wildman–Crippen MR) is 413 cm³/mol. The maximum atomic E-state index is 5.72. The third-order valence-electron chi connectivity index (χ3n) is 19.6. The van der Waals surface area contributed by atoms with Crippen molar-refractivity contribution < 1.29 is 0 Å². The Balaban J connectivity index is 0.846. The summed E-state index contributed by atoms with van der Waals surface area (Å²) in [6, 6.07) is 127. The van der Waals surface area contributed by atoms with Crippen molar-refractivity contribution in [1.82, 2.24) is 29.5 Å². The third kappa shape index (κ3) is 10.1. The van der Waals surface area contributed by atoms with Crippen molar-refractivity contribution in [2.45, 2.75) is 0 Å². The molecule has 14 aromatic carbocycles. The monoisotopic (exact) mass is 1270 g/mol. The number of benzene rings is 14. The van der Waals surface area contributed by atoms with Gasteiger partial charge in [-0.1, -0.05) is 255 Å². The summed E-state index contributed by atoms with van der Waals surface area (Å²) in [6.07, 6.45) is 0. The highest BCUT2D eigenvalue weighted by atomic mass is 15.2.